The van der Waals surface area contributed by atoms with Gasteiger partial charge in [0.1, 0.15) is 0 Å². The van der Waals surface area contributed by atoms with Gasteiger partial charge in [-0.15, -0.1) is 0 Å². The molecule has 1 fully saturated rings. The van der Waals surface area contributed by atoms with Gasteiger partial charge in [0, 0.05) is 10.9 Å². The molecule has 1 aromatic carbocycles. The first kappa shape index (κ1) is 17.3. The van der Waals surface area contributed by atoms with Crippen molar-refractivity contribution < 1.29 is 4.79 Å². The van der Waals surface area contributed by atoms with Gasteiger partial charge in [0.05, 0.1) is 6.04 Å². The first-order valence-corrected chi connectivity index (χ1v) is 8.64. The molecule has 0 aliphatic heterocycles. The van der Waals surface area contributed by atoms with Crippen molar-refractivity contribution in [2.45, 2.75) is 44.6 Å². The highest BCUT2D eigenvalue weighted by molar-refractivity contribution is 6.30. The molecule has 1 saturated carbocycles. The lowest BCUT2D eigenvalue weighted by Gasteiger charge is -2.26. The normalized spacial score (nSPS) is 17.5. The number of benzene rings is 1. The lowest BCUT2D eigenvalue weighted by Crippen LogP contribution is -2.36. The molecule has 0 saturated heterocycles. The van der Waals surface area contributed by atoms with Crippen LogP contribution in [0.2, 0.25) is 5.02 Å². The Labute approximate surface area is 139 Å². The van der Waals surface area contributed by atoms with Crippen LogP contribution in [0.25, 0.3) is 0 Å². The maximum atomic E-state index is 12.5. The van der Waals surface area contributed by atoms with Crippen molar-refractivity contribution in [3.05, 3.63) is 34.9 Å². The summed E-state index contributed by atoms with van der Waals surface area (Å²) in [6.07, 6.45) is 6.61. The third-order valence-corrected chi connectivity index (χ3v) is 4.68. The van der Waals surface area contributed by atoms with Gasteiger partial charge < -0.3 is 10.2 Å². The zero-order chi connectivity index (χ0) is 15.9. The predicted octanol–water partition coefficient (Wildman–Crippen LogP) is 4.03. The van der Waals surface area contributed by atoms with Crippen LogP contribution in [0.5, 0.6) is 0 Å². The van der Waals surface area contributed by atoms with Crippen molar-refractivity contribution in [1.29, 1.82) is 0 Å². The van der Waals surface area contributed by atoms with Gasteiger partial charge in [-0.2, -0.15) is 0 Å². The SMILES string of the molecule is CN(C)CCC(NC(=O)C1CCCCC1)c1ccc(Cl)cc1. The van der Waals surface area contributed by atoms with E-state index in [4.69, 9.17) is 11.6 Å². The van der Waals surface area contributed by atoms with Crippen LogP contribution in [0.15, 0.2) is 24.3 Å². The summed E-state index contributed by atoms with van der Waals surface area (Å²) in [6.45, 7) is 0.943. The lowest BCUT2D eigenvalue weighted by atomic mass is 9.88. The highest BCUT2D eigenvalue weighted by Crippen LogP contribution is 2.26. The van der Waals surface area contributed by atoms with Crippen molar-refractivity contribution in [2.75, 3.05) is 20.6 Å². The zero-order valence-electron chi connectivity index (χ0n) is 13.6. The first-order chi connectivity index (χ1) is 10.6. The smallest absolute Gasteiger partial charge is 0.223 e. The molecule has 2 rings (SSSR count). The van der Waals surface area contributed by atoms with Crippen LogP contribution in [0.1, 0.15) is 50.1 Å². The Kier molecular flexibility index (Phi) is 6.71. The number of rotatable bonds is 6. The van der Waals surface area contributed by atoms with Gasteiger partial charge in [-0.1, -0.05) is 43.0 Å². The maximum Gasteiger partial charge on any atom is 0.223 e. The Hall–Kier alpha value is -1.06. The van der Waals surface area contributed by atoms with Gasteiger partial charge in [0.25, 0.3) is 0 Å². The van der Waals surface area contributed by atoms with Crippen LogP contribution in [-0.2, 0) is 4.79 Å². The molecule has 1 aliphatic carbocycles. The molecule has 0 spiro atoms. The van der Waals surface area contributed by atoms with Crippen LogP contribution in [0.4, 0.5) is 0 Å². The molecule has 1 N–H and O–H groups in total. The summed E-state index contributed by atoms with van der Waals surface area (Å²) in [4.78, 5) is 14.7. The fourth-order valence-corrected chi connectivity index (χ4v) is 3.18. The van der Waals surface area contributed by atoms with E-state index in [0.29, 0.717) is 0 Å². The molecule has 0 heterocycles. The fourth-order valence-electron chi connectivity index (χ4n) is 3.06. The second-order valence-corrected chi connectivity index (χ2v) is 6.98. The van der Waals surface area contributed by atoms with Gasteiger partial charge >= 0.3 is 0 Å². The predicted molar refractivity (Wildman–Crippen MR) is 92.1 cm³/mol. The summed E-state index contributed by atoms with van der Waals surface area (Å²) in [5.74, 6) is 0.418. The highest BCUT2D eigenvalue weighted by atomic mass is 35.5. The van der Waals surface area contributed by atoms with E-state index in [1.54, 1.807) is 0 Å². The van der Waals surface area contributed by atoms with Gasteiger partial charge in [0.15, 0.2) is 0 Å². The third kappa shape index (κ3) is 5.29. The molecule has 4 heteroatoms. The number of nitrogens with one attached hydrogen (secondary N) is 1. The number of hydrogen-bond acceptors (Lipinski definition) is 2. The number of amides is 1. The quantitative estimate of drug-likeness (QED) is 0.857. The Morgan fingerprint density at radius 3 is 2.45 bits per heavy atom. The average Bonchev–Trinajstić information content (AvgIpc) is 2.53. The van der Waals surface area contributed by atoms with E-state index in [9.17, 15) is 4.79 Å². The minimum absolute atomic E-state index is 0.0640. The Balaban J connectivity index is 2.02. The molecule has 0 bridgehead atoms. The molecular formula is C18H27ClN2O. The van der Waals surface area contributed by atoms with E-state index in [1.807, 2.05) is 24.3 Å². The van der Waals surface area contributed by atoms with Crippen LogP contribution in [0, 0.1) is 5.92 Å². The van der Waals surface area contributed by atoms with E-state index in [1.165, 1.54) is 19.3 Å². The largest absolute Gasteiger partial charge is 0.349 e. The Bertz CT molecular complexity index is 466. The monoisotopic (exact) mass is 322 g/mol. The summed E-state index contributed by atoms with van der Waals surface area (Å²) in [5, 5.41) is 4.00. The van der Waals surface area contributed by atoms with Crippen molar-refractivity contribution in [1.82, 2.24) is 10.2 Å². The Morgan fingerprint density at radius 1 is 1.23 bits per heavy atom. The van der Waals surface area contributed by atoms with Gasteiger partial charge in [0.2, 0.25) is 5.91 Å². The van der Waals surface area contributed by atoms with Crippen molar-refractivity contribution >= 4 is 17.5 Å². The number of carbonyl (C=O) groups excluding carboxylic acids is 1. The van der Waals surface area contributed by atoms with Crippen molar-refractivity contribution in [3.63, 3.8) is 0 Å². The summed E-state index contributed by atoms with van der Waals surface area (Å²) < 4.78 is 0. The molecule has 3 nitrogen and oxygen atoms in total. The highest BCUT2D eigenvalue weighted by Gasteiger charge is 2.24. The number of carbonyl (C=O) groups is 1. The molecule has 1 amide bonds. The molecule has 122 valence electrons. The third-order valence-electron chi connectivity index (χ3n) is 4.43. The Morgan fingerprint density at radius 2 is 1.86 bits per heavy atom. The maximum absolute atomic E-state index is 12.5. The average molecular weight is 323 g/mol. The summed E-state index contributed by atoms with van der Waals surface area (Å²) in [7, 11) is 4.11. The minimum Gasteiger partial charge on any atom is -0.349 e. The molecule has 1 aromatic rings. The van der Waals surface area contributed by atoms with E-state index < -0.39 is 0 Å². The van der Waals surface area contributed by atoms with Crippen LogP contribution in [0.3, 0.4) is 0 Å². The van der Waals surface area contributed by atoms with Gasteiger partial charge in [-0.3, -0.25) is 4.79 Å². The molecular weight excluding hydrogens is 296 g/mol. The lowest BCUT2D eigenvalue weighted by molar-refractivity contribution is -0.126. The summed E-state index contributed by atoms with van der Waals surface area (Å²) in [6, 6.07) is 7.89. The molecule has 1 atom stereocenters. The second-order valence-electron chi connectivity index (χ2n) is 6.54. The first-order valence-electron chi connectivity index (χ1n) is 8.27. The molecule has 1 aliphatic rings. The van der Waals surface area contributed by atoms with Gasteiger partial charge in [-0.25, -0.2) is 0 Å². The van der Waals surface area contributed by atoms with E-state index in [-0.39, 0.29) is 17.9 Å². The van der Waals surface area contributed by atoms with Crippen LogP contribution >= 0.6 is 11.6 Å². The van der Waals surface area contributed by atoms with Crippen LogP contribution < -0.4 is 5.32 Å². The fraction of sp³-hybridized carbons (Fsp3) is 0.611. The molecule has 1 unspecified atom stereocenters. The minimum atomic E-state index is 0.0640. The van der Waals surface area contributed by atoms with Crippen molar-refractivity contribution in [3.8, 4) is 0 Å². The molecule has 0 aromatic heterocycles. The summed E-state index contributed by atoms with van der Waals surface area (Å²) >= 11 is 5.98. The van der Waals surface area contributed by atoms with Gasteiger partial charge in [-0.05, 0) is 57.6 Å². The topological polar surface area (TPSA) is 32.3 Å². The number of halogens is 1. The van der Waals surface area contributed by atoms with E-state index in [0.717, 1.165) is 36.4 Å². The zero-order valence-corrected chi connectivity index (χ0v) is 14.4. The number of nitrogens with zero attached hydrogens (tertiary/aromatic N) is 1. The number of hydrogen-bond donors (Lipinski definition) is 1. The standard InChI is InChI=1S/C18H27ClN2O/c1-21(2)13-12-17(14-8-10-16(19)11-9-14)20-18(22)15-6-4-3-5-7-15/h8-11,15,17H,3-7,12-13H2,1-2H3,(H,20,22). The summed E-state index contributed by atoms with van der Waals surface area (Å²) in [5.41, 5.74) is 1.13. The van der Waals surface area contributed by atoms with Crippen LogP contribution in [-0.4, -0.2) is 31.4 Å². The van der Waals surface area contributed by atoms with E-state index in [2.05, 4.69) is 24.3 Å². The second kappa shape index (κ2) is 8.54. The molecule has 0 radical (unpaired) electrons. The van der Waals surface area contributed by atoms with Crippen molar-refractivity contribution in [2.24, 2.45) is 5.92 Å². The molecule has 22 heavy (non-hydrogen) atoms. The van der Waals surface area contributed by atoms with E-state index >= 15 is 0 Å².